The minimum absolute atomic E-state index is 0.759. The van der Waals surface area contributed by atoms with Crippen LogP contribution < -0.4 is 4.74 Å². The van der Waals surface area contributed by atoms with Crippen molar-refractivity contribution in [1.82, 2.24) is 0 Å². The summed E-state index contributed by atoms with van der Waals surface area (Å²) in [5.74, 6) is 1.59. The van der Waals surface area contributed by atoms with Gasteiger partial charge >= 0.3 is 0 Å². The Kier molecular flexibility index (Phi) is 3.63. The fourth-order valence-electron chi connectivity index (χ4n) is 1.82. The highest BCUT2D eigenvalue weighted by molar-refractivity contribution is 5.79. The third kappa shape index (κ3) is 3.10. The van der Waals surface area contributed by atoms with Crippen LogP contribution in [-0.2, 0) is 0 Å². The van der Waals surface area contributed by atoms with E-state index in [1.807, 2.05) is 50.2 Å². The molecule has 92 valence electrons. The van der Waals surface area contributed by atoms with E-state index < -0.39 is 0 Å². The summed E-state index contributed by atoms with van der Waals surface area (Å²) in [7, 11) is 0. The predicted octanol–water partition coefficient (Wildman–Crippen LogP) is 3.90. The fraction of sp³-hybridized carbons (Fsp3) is 0.133. The Morgan fingerprint density at radius 2 is 1.56 bits per heavy atom. The van der Waals surface area contributed by atoms with Crippen LogP contribution in [0.4, 0.5) is 0 Å². The Morgan fingerprint density at radius 3 is 2.11 bits per heavy atom. The summed E-state index contributed by atoms with van der Waals surface area (Å²) in [4.78, 5) is 0. The molecular formula is C15H15NO2. The zero-order valence-electron chi connectivity index (χ0n) is 10.4. The van der Waals surface area contributed by atoms with Gasteiger partial charge in [-0.05, 0) is 66.9 Å². The second-order valence-electron chi connectivity index (χ2n) is 4.24. The van der Waals surface area contributed by atoms with E-state index in [-0.39, 0.29) is 0 Å². The normalized spacial score (nSPS) is 10.8. The third-order valence-corrected chi connectivity index (χ3v) is 2.52. The van der Waals surface area contributed by atoms with Gasteiger partial charge in [0.1, 0.15) is 11.5 Å². The molecule has 0 aliphatic rings. The van der Waals surface area contributed by atoms with Gasteiger partial charge in [0.05, 0.1) is 6.21 Å². The number of rotatable bonds is 3. The first-order valence-electron chi connectivity index (χ1n) is 5.71. The maximum Gasteiger partial charge on any atom is 0.127 e. The molecule has 0 saturated carbocycles. The number of aryl methyl sites for hydroxylation is 2. The minimum Gasteiger partial charge on any atom is -0.457 e. The molecule has 0 atom stereocenters. The number of hydrogen-bond donors (Lipinski definition) is 1. The molecule has 2 aromatic carbocycles. The molecule has 0 unspecified atom stereocenters. The largest absolute Gasteiger partial charge is 0.457 e. The molecule has 3 nitrogen and oxygen atoms in total. The Hall–Kier alpha value is -2.29. The van der Waals surface area contributed by atoms with Crippen molar-refractivity contribution in [3.8, 4) is 11.5 Å². The molecular weight excluding hydrogens is 226 g/mol. The van der Waals surface area contributed by atoms with E-state index in [1.165, 1.54) is 17.3 Å². The monoisotopic (exact) mass is 241 g/mol. The molecule has 2 rings (SSSR count). The van der Waals surface area contributed by atoms with Crippen molar-refractivity contribution < 1.29 is 9.94 Å². The van der Waals surface area contributed by atoms with Crippen LogP contribution in [0.25, 0.3) is 0 Å². The topological polar surface area (TPSA) is 41.8 Å². The zero-order valence-corrected chi connectivity index (χ0v) is 10.4. The van der Waals surface area contributed by atoms with Crippen molar-refractivity contribution in [2.75, 3.05) is 0 Å². The van der Waals surface area contributed by atoms with Crippen LogP contribution in [-0.4, -0.2) is 11.4 Å². The Morgan fingerprint density at radius 1 is 0.944 bits per heavy atom. The average molecular weight is 241 g/mol. The van der Waals surface area contributed by atoms with Crippen LogP contribution in [0.15, 0.2) is 47.6 Å². The maximum absolute atomic E-state index is 8.42. The SMILES string of the molecule is Cc1cc(C)cc(Oc2ccc(/C=N/O)cc2)c1. The molecule has 18 heavy (non-hydrogen) atoms. The van der Waals surface area contributed by atoms with Gasteiger partial charge in [-0.2, -0.15) is 0 Å². The number of hydrogen-bond acceptors (Lipinski definition) is 3. The lowest BCUT2D eigenvalue weighted by Crippen LogP contribution is -1.87. The maximum atomic E-state index is 8.42. The lowest BCUT2D eigenvalue weighted by atomic mass is 10.1. The Labute approximate surface area is 106 Å². The van der Waals surface area contributed by atoms with Gasteiger partial charge < -0.3 is 9.94 Å². The van der Waals surface area contributed by atoms with Crippen LogP contribution in [0.5, 0.6) is 11.5 Å². The zero-order chi connectivity index (χ0) is 13.0. The first-order chi connectivity index (χ1) is 8.67. The molecule has 0 radical (unpaired) electrons. The highest BCUT2D eigenvalue weighted by Gasteiger charge is 1.99. The highest BCUT2D eigenvalue weighted by Crippen LogP contribution is 2.23. The lowest BCUT2D eigenvalue weighted by molar-refractivity contribution is 0.322. The van der Waals surface area contributed by atoms with Crippen LogP contribution in [0.2, 0.25) is 0 Å². The molecule has 2 aromatic rings. The summed E-state index contributed by atoms with van der Waals surface area (Å²) in [5, 5.41) is 11.4. The van der Waals surface area contributed by atoms with E-state index in [0.29, 0.717) is 0 Å². The molecule has 1 N–H and O–H groups in total. The summed E-state index contributed by atoms with van der Waals surface area (Å²) in [6, 6.07) is 13.4. The molecule has 0 fully saturated rings. The van der Waals surface area contributed by atoms with E-state index in [1.54, 1.807) is 0 Å². The van der Waals surface area contributed by atoms with Crippen molar-refractivity contribution in [1.29, 1.82) is 0 Å². The van der Waals surface area contributed by atoms with E-state index >= 15 is 0 Å². The van der Waals surface area contributed by atoms with Gasteiger partial charge in [0, 0.05) is 0 Å². The average Bonchev–Trinajstić information content (AvgIpc) is 2.31. The van der Waals surface area contributed by atoms with Gasteiger partial charge in [-0.15, -0.1) is 0 Å². The van der Waals surface area contributed by atoms with E-state index in [2.05, 4.69) is 11.2 Å². The summed E-state index contributed by atoms with van der Waals surface area (Å²) in [6.07, 6.45) is 1.38. The van der Waals surface area contributed by atoms with Gasteiger partial charge in [-0.1, -0.05) is 11.2 Å². The molecule has 0 heterocycles. The highest BCUT2D eigenvalue weighted by atomic mass is 16.5. The summed E-state index contributed by atoms with van der Waals surface area (Å²) < 4.78 is 5.77. The van der Waals surface area contributed by atoms with Gasteiger partial charge in [0.2, 0.25) is 0 Å². The third-order valence-electron chi connectivity index (χ3n) is 2.52. The summed E-state index contributed by atoms with van der Waals surface area (Å²) in [5.41, 5.74) is 3.17. The summed E-state index contributed by atoms with van der Waals surface area (Å²) in [6.45, 7) is 4.08. The second kappa shape index (κ2) is 5.36. The van der Waals surface area contributed by atoms with Gasteiger partial charge in [-0.3, -0.25) is 0 Å². The second-order valence-corrected chi connectivity index (χ2v) is 4.24. The fourth-order valence-corrected chi connectivity index (χ4v) is 1.82. The van der Waals surface area contributed by atoms with Crippen LogP contribution in [0, 0.1) is 13.8 Å². The molecule has 0 aliphatic carbocycles. The number of oxime groups is 1. The predicted molar refractivity (Wildman–Crippen MR) is 71.8 cm³/mol. The molecule has 0 aliphatic heterocycles. The van der Waals surface area contributed by atoms with Crippen LogP contribution in [0.3, 0.4) is 0 Å². The van der Waals surface area contributed by atoms with Crippen molar-refractivity contribution in [2.24, 2.45) is 5.16 Å². The molecule has 0 aromatic heterocycles. The molecule has 0 amide bonds. The molecule has 0 bridgehead atoms. The summed E-state index contributed by atoms with van der Waals surface area (Å²) >= 11 is 0. The van der Waals surface area contributed by atoms with Crippen LogP contribution in [0.1, 0.15) is 16.7 Å². The van der Waals surface area contributed by atoms with Crippen molar-refractivity contribution in [3.05, 3.63) is 59.2 Å². The molecule has 3 heteroatoms. The first kappa shape index (κ1) is 12.2. The Bertz CT molecular complexity index is 539. The standard InChI is InChI=1S/C15H15NO2/c1-11-7-12(2)9-15(8-11)18-14-5-3-13(4-6-14)10-16-17/h3-10,17H,1-2H3/b16-10+. The van der Waals surface area contributed by atoms with E-state index in [4.69, 9.17) is 9.94 Å². The van der Waals surface area contributed by atoms with Crippen molar-refractivity contribution in [3.63, 3.8) is 0 Å². The van der Waals surface area contributed by atoms with Crippen molar-refractivity contribution >= 4 is 6.21 Å². The van der Waals surface area contributed by atoms with Crippen LogP contribution >= 0.6 is 0 Å². The van der Waals surface area contributed by atoms with E-state index in [0.717, 1.165) is 17.1 Å². The number of benzene rings is 2. The number of ether oxygens (including phenoxy) is 1. The first-order valence-corrected chi connectivity index (χ1v) is 5.71. The quantitative estimate of drug-likeness (QED) is 0.503. The lowest BCUT2D eigenvalue weighted by Gasteiger charge is -2.07. The molecule has 0 saturated heterocycles. The van der Waals surface area contributed by atoms with E-state index in [9.17, 15) is 0 Å². The van der Waals surface area contributed by atoms with Gasteiger partial charge in [0.15, 0.2) is 0 Å². The Balaban J connectivity index is 2.18. The van der Waals surface area contributed by atoms with Gasteiger partial charge in [0.25, 0.3) is 0 Å². The number of nitrogens with zero attached hydrogens (tertiary/aromatic N) is 1. The van der Waals surface area contributed by atoms with Crippen molar-refractivity contribution in [2.45, 2.75) is 13.8 Å². The smallest absolute Gasteiger partial charge is 0.127 e. The minimum atomic E-state index is 0.759. The van der Waals surface area contributed by atoms with Gasteiger partial charge in [-0.25, -0.2) is 0 Å². The molecule has 0 spiro atoms.